The fourth-order valence-corrected chi connectivity index (χ4v) is 2.04. The summed E-state index contributed by atoms with van der Waals surface area (Å²) in [4.78, 5) is 15.9. The molecule has 0 aliphatic rings. The van der Waals surface area contributed by atoms with Crippen LogP contribution in [0.1, 0.15) is 23.8 Å². The Kier molecular flexibility index (Phi) is 4.02. The molecule has 4 nitrogen and oxygen atoms in total. The number of nitrogens with zero attached hydrogens (tertiary/aromatic N) is 1. The van der Waals surface area contributed by atoms with Crippen molar-refractivity contribution in [3.05, 3.63) is 36.0 Å². The molecule has 1 amide bonds. The Morgan fingerprint density at radius 2 is 2.05 bits per heavy atom. The number of aromatic nitrogens is 1. The van der Waals surface area contributed by atoms with Gasteiger partial charge in [-0.3, -0.25) is 4.79 Å². The van der Waals surface area contributed by atoms with Crippen LogP contribution in [0.3, 0.4) is 0 Å². The van der Waals surface area contributed by atoms with Gasteiger partial charge in [0.25, 0.3) is 5.91 Å². The summed E-state index contributed by atoms with van der Waals surface area (Å²) in [5, 5.41) is 3.67. The molecule has 0 aliphatic carbocycles. The molecule has 0 aliphatic heterocycles. The van der Waals surface area contributed by atoms with Crippen molar-refractivity contribution in [3.63, 3.8) is 0 Å². The maximum absolute atomic E-state index is 12.2. The van der Waals surface area contributed by atoms with E-state index in [4.69, 9.17) is 5.73 Å². The maximum Gasteiger partial charge on any atom is 0.391 e. The Bertz CT molecular complexity index is 670. The number of amides is 1. The zero-order chi connectivity index (χ0) is 15.6. The van der Waals surface area contributed by atoms with Gasteiger partial charge >= 0.3 is 6.18 Å². The van der Waals surface area contributed by atoms with Crippen LogP contribution in [0.25, 0.3) is 10.8 Å². The van der Waals surface area contributed by atoms with Crippen molar-refractivity contribution < 1.29 is 18.0 Å². The predicted octanol–water partition coefficient (Wildman–Crippen LogP) is 2.89. The molecule has 1 aromatic carbocycles. The van der Waals surface area contributed by atoms with Crippen LogP contribution in [0.2, 0.25) is 0 Å². The molecule has 3 N–H and O–H groups in total. The monoisotopic (exact) mass is 297 g/mol. The second-order valence-electron chi connectivity index (χ2n) is 4.81. The number of hydrogen-bond acceptors (Lipinski definition) is 3. The fraction of sp³-hybridized carbons (Fsp3) is 0.286. The number of hydrogen-bond donors (Lipinski definition) is 2. The van der Waals surface area contributed by atoms with Crippen molar-refractivity contribution in [1.82, 2.24) is 10.3 Å². The number of carbonyl (C=O) groups is 1. The van der Waals surface area contributed by atoms with E-state index in [1.165, 1.54) is 13.0 Å². The van der Waals surface area contributed by atoms with E-state index >= 15 is 0 Å². The number of nitrogens with one attached hydrogen (secondary N) is 1. The van der Waals surface area contributed by atoms with Crippen LogP contribution >= 0.6 is 0 Å². The number of pyridine rings is 1. The zero-order valence-electron chi connectivity index (χ0n) is 11.2. The normalized spacial score (nSPS) is 13.1. The molecule has 0 bridgehead atoms. The number of carbonyl (C=O) groups excluding carboxylic acids is 1. The molecule has 7 heteroatoms. The first kappa shape index (κ1) is 15.1. The van der Waals surface area contributed by atoms with Gasteiger partial charge in [0.05, 0.1) is 6.42 Å². The molecular weight excluding hydrogens is 283 g/mol. The lowest BCUT2D eigenvalue weighted by atomic mass is 10.1. The number of alkyl halides is 3. The van der Waals surface area contributed by atoms with Gasteiger partial charge in [0, 0.05) is 11.4 Å². The molecule has 1 heterocycles. The van der Waals surface area contributed by atoms with Crippen LogP contribution in [-0.4, -0.2) is 23.1 Å². The molecule has 2 rings (SSSR count). The van der Waals surface area contributed by atoms with E-state index in [-0.39, 0.29) is 11.5 Å². The highest BCUT2D eigenvalue weighted by atomic mass is 19.4. The summed E-state index contributed by atoms with van der Waals surface area (Å²) in [7, 11) is 0. The van der Waals surface area contributed by atoms with Gasteiger partial charge in [-0.2, -0.15) is 13.2 Å². The summed E-state index contributed by atoms with van der Waals surface area (Å²) in [6.07, 6.45) is -5.43. The first-order chi connectivity index (χ1) is 9.76. The molecule has 21 heavy (non-hydrogen) atoms. The van der Waals surface area contributed by atoms with Gasteiger partial charge in [0.15, 0.2) is 0 Å². The highest BCUT2D eigenvalue weighted by Gasteiger charge is 2.30. The van der Waals surface area contributed by atoms with E-state index in [0.29, 0.717) is 10.8 Å². The Balaban J connectivity index is 2.20. The minimum Gasteiger partial charge on any atom is -0.383 e. The minimum absolute atomic E-state index is 0.000208. The quantitative estimate of drug-likeness (QED) is 0.915. The van der Waals surface area contributed by atoms with Crippen molar-refractivity contribution in [3.8, 4) is 0 Å². The summed E-state index contributed by atoms with van der Waals surface area (Å²) in [6, 6.07) is 7.53. The van der Waals surface area contributed by atoms with Crippen molar-refractivity contribution in [2.24, 2.45) is 0 Å². The van der Waals surface area contributed by atoms with E-state index < -0.39 is 24.5 Å². The largest absolute Gasteiger partial charge is 0.391 e. The van der Waals surface area contributed by atoms with Gasteiger partial charge < -0.3 is 11.1 Å². The lowest BCUT2D eigenvalue weighted by Gasteiger charge is -2.15. The molecule has 0 saturated heterocycles. The predicted molar refractivity (Wildman–Crippen MR) is 73.8 cm³/mol. The highest BCUT2D eigenvalue weighted by molar-refractivity contribution is 5.99. The summed E-state index contributed by atoms with van der Waals surface area (Å²) in [6.45, 7) is 1.29. The Morgan fingerprint density at radius 1 is 1.38 bits per heavy atom. The first-order valence-electron chi connectivity index (χ1n) is 6.29. The van der Waals surface area contributed by atoms with Crippen LogP contribution in [0, 0.1) is 0 Å². The minimum atomic E-state index is -4.33. The lowest BCUT2D eigenvalue weighted by molar-refractivity contribution is -0.138. The van der Waals surface area contributed by atoms with Crippen molar-refractivity contribution in [2.45, 2.75) is 25.6 Å². The number of anilines is 1. The molecule has 0 fully saturated rings. The smallest absolute Gasteiger partial charge is 0.383 e. The molecule has 0 radical (unpaired) electrons. The first-order valence-corrected chi connectivity index (χ1v) is 6.29. The molecule has 1 aromatic heterocycles. The number of halogens is 3. The van der Waals surface area contributed by atoms with Gasteiger partial charge in [-0.05, 0) is 18.4 Å². The number of nitrogen functional groups attached to an aromatic ring is 1. The highest BCUT2D eigenvalue weighted by Crippen LogP contribution is 2.22. The van der Waals surface area contributed by atoms with Gasteiger partial charge in [-0.15, -0.1) is 0 Å². The molecule has 0 spiro atoms. The van der Waals surface area contributed by atoms with Crippen molar-refractivity contribution in [1.29, 1.82) is 0 Å². The second kappa shape index (κ2) is 5.59. The Morgan fingerprint density at radius 3 is 2.71 bits per heavy atom. The average molecular weight is 297 g/mol. The Hall–Kier alpha value is -2.31. The van der Waals surface area contributed by atoms with E-state index in [9.17, 15) is 18.0 Å². The van der Waals surface area contributed by atoms with E-state index in [1.54, 1.807) is 24.3 Å². The molecule has 2 aromatic rings. The third-order valence-corrected chi connectivity index (χ3v) is 2.92. The zero-order valence-corrected chi connectivity index (χ0v) is 11.2. The number of benzene rings is 1. The van der Waals surface area contributed by atoms with Crippen LogP contribution in [0.15, 0.2) is 30.3 Å². The van der Waals surface area contributed by atoms with Gasteiger partial charge in [0.1, 0.15) is 11.5 Å². The molecule has 112 valence electrons. The topological polar surface area (TPSA) is 68.0 Å². The molecule has 1 unspecified atom stereocenters. The van der Waals surface area contributed by atoms with E-state index in [0.717, 1.165) is 0 Å². The SMILES string of the molecule is CC(CC(F)(F)F)NC(=O)c1cc2ccccc2c(N)n1. The molecular formula is C14H14F3N3O. The Labute approximate surface area is 119 Å². The average Bonchev–Trinajstić information content (AvgIpc) is 2.36. The van der Waals surface area contributed by atoms with Crippen molar-refractivity contribution in [2.75, 3.05) is 5.73 Å². The number of rotatable bonds is 3. The van der Waals surface area contributed by atoms with Gasteiger partial charge in [0.2, 0.25) is 0 Å². The molecule has 0 saturated carbocycles. The number of fused-ring (bicyclic) bond motifs is 1. The fourth-order valence-electron chi connectivity index (χ4n) is 2.04. The lowest BCUT2D eigenvalue weighted by Crippen LogP contribution is -2.36. The molecule has 1 atom stereocenters. The van der Waals surface area contributed by atoms with Gasteiger partial charge in [-0.1, -0.05) is 24.3 Å². The van der Waals surface area contributed by atoms with E-state index in [2.05, 4.69) is 10.3 Å². The van der Waals surface area contributed by atoms with Crippen molar-refractivity contribution >= 4 is 22.5 Å². The second-order valence-corrected chi connectivity index (χ2v) is 4.81. The maximum atomic E-state index is 12.2. The number of nitrogens with two attached hydrogens (primary N) is 1. The van der Waals surface area contributed by atoms with Crippen LogP contribution < -0.4 is 11.1 Å². The summed E-state index contributed by atoms with van der Waals surface area (Å²) < 4.78 is 36.7. The van der Waals surface area contributed by atoms with E-state index in [1.807, 2.05) is 0 Å². The van der Waals surface area contributed by atoms with Crippen LogP contribution in [0.4, 0.5) is 19.0 Å². The van der Waals surface area contributed by atoms with Crippen LogP contribution in [0.5, 0.6) is 0 Å². The third-order valence-electron chi connectivity index (χ3n) is 2.92. The summed E-state index contributed by atoms with van der Waals surface area (Å²) >= 11 is 0. The summed E-state index contributed by atoms with van der Waals surface area (Å²) in [5.74, 6) is -0.508. The van der Waals surface area contributed by atoms with Crippen LogP contribution in [-0.2, 0) is 0 Å². The summed E-state index contributed by atoms with van der Waals surface area (Å²) in [5.41, 5.74) is 5.76. The standard InChI is InChI=1S/C14H14F3N3O/c1-8(7-14(15,16)17)19-13(21)11-6-9-4-2-3-5-10(9)12(18)20-11/h2-6,8H,7H2,1H3,(H2,18,20)(H,19,21). The van der Waals surface area contributed by atoms with Gasteiger partial charge in [-0.25, -0.2) is 4.98 Å². The third kappa shape index (κ3) is 3.84.